The zero-order valence-electron chi connectivity index (χ0n) is 11.3. The first-order valence-corrected chi connectivity index (χ1v) is 7.20. The van der Waals surface area contributed by atoms with E-state index in [4.69, 9.17) is 11.6 Å². The van der Waals surface area contributed by atoms with Gasteiger partial charge in [0.25, 0.3) is 0 Å². The number of hydrogen-bond donors (Lipinski definition) is 0. The summed E-state index contributed by atoms with van der Waals surface area (Å²) in [5, 5.41) is 1.86. The van der Waals surface area contributed by atoms with Crippen molar-refractivity contribution in [3.05, 3.63) is 57.1 Å². The van der Waals surface area contributed by atoms with Gasteiger partial charge in [-0.05, 0) is 17.5 Å². The highest BCUT2D eigenvalue weighted by Crippen LogP contribution is 2.35. The second kappa shape index (κ2) is 6.07. The molecule has 2 heterocycles. The SMILES string of the molecule is CN(C)C=C(c1cccs1)c1ncc(C(F)(F)F)cc1Cl. The van der Waals surface area contributed by atoms with Gasteiger partial charge in [-0.2, -0.15) is 13.2 Å². The third-order valence-electron chi connectivity index (χ3n) is 2.60. The van der Waals surface area contributed by atoms with Crippen molar-refractivity contribution >= 4 is 28.5 Å². The van der Waals surface area contributed by atoms with E-state index in [-0.39, 0.29) is 5.02 Å². The summed E-state index contributed by atoms with van der Waals surface area (Å²) in [6, 6.07) is 4.64. The van der Waals surface area contributed by atoms with E-state index in [2.05, 4.69) is 4.98 Å². The predicted molar refractivity (Wildman–Crippen MR) is 79.3 cm³/mol. The summed E-state index contributed by atoms with van der Waals surface area (Å²) in [6.07, 6.45) is -1.87. The molecule has 0 aliphatic rings. The molecule has 0 radical (unpaired) electrons. The van der Waals surface area contributed by atoms with Gasteiger partial charge in [0.15, 0.2) is 0 Å². The molecule has 0 N–H and O–H groups in total. The van der Waals surface area contributed by atoms with E-state index in [0.717, 1.165) is 17.1 Å². The van der Waals surface area contributed by atoms with Crippen molar-refractivity contribution in [1.82, 2.24) is 9.88 Å². The molecule has 21 heavy (non-hydrogen) atoms. The highest BCUT2D eigenvalue weighted by atomic mass is 35.5. The topological polar surface area (TPSA) is 16.1 Å². The monoisotopic (exact) mass is 332 g/mol. The molecule has 2 aromatic rings. The smallest absolute Gasteiger partial charge is 0.383 e. The molecule has 0 amide bonds. The van der Waals surface area contributed by atoms with Gasteiger partial charge in [0, 0.05) is 36.9 Å². The van der Waals surface area contributed by atoms with Crippen LogP contribution in [0.2, 0.25) is 5.02 Å². The van der Waals surface area contributed by atoms with Gasteiger partial charge >= 0.3 is 6.18 Å². The van der Waals surface area contributed by atoms with Crippen molar-refractivity contribution in [1.29, 1.82) is 0 Å². The van der Waals surface area contributed by atoms with Gasteiger partial charge in [-0.3, -0.25) is 4.98 Å². The van der Waals surface area contributed by atoms with Crippen LogP contribution in [-0.4, -0.2) is 24.0 Å². The molecule has 0 saturated heterocycles. The second-order valence-corrected chi connectivity index (χ2v) is 5.89. The minimum atomic E-state index is -4.45. The number of nitrogens with zero attached hydrogens (tertiary/aromatic N) is 2. The van der Waals surface area contributed by atoms with Crippen LogP contribution >= 0.6 is 22.9 Å². The third kappa shape index (κ3) is 3.77. The Bertz CT molecular complexity index is 649. The van der Waals surface area contributed by atoms with E-state index in [1.165, 1.54) is 11.3 Å². The minimum Gasteiger partial charge on any atom is -0.383 e. The summed E-state index contributed by atoms with van der Waals surface area (Å²) in [6.45, 7) is 0. The Morgan fingerprint density at radius 2 is 2.10 bits per heavy atom. The van der Waals surface area contributed by atoms with Crippen LogP contribution in [0.25, 0.3) is 5.57 Å². The van der Waals surface area contributed by atoms with Gasteiger partial charge in [-0.25, -0.2) is 0 Å². The van der Waals surface area contributed by atoms with Crippen LogP contribution in [0.4, 0.5) is 13.2 Å². The average Bonchev–Trinajstić information content (AvgIpc) is 2.88. The van der Waals surface area contributed by atoms with Crippen LogP contribution in [0.3, 0.4) is 0 Å². The largest absolute Gasteiger partial charge is 0.417 e. The Morgan fingerprint density at radius 3 is 2.57 bits per heavy atom. The number of pyridine rings is 1. The van der Waals surface area contributed by atoms with Crippen molar-refractivity contribution < 1.29 is 13.2 Å². The van der Waals surface area contributed by atoms with Gasteiger partial charge in [-0.15, -0.1) is 11.3 Å². The van der Waals surface area contributed by atoms with Gasteiger partial charge in [-0.1, -0.05) is 17.7 Å². The Labute approximate surface area is 129 Å². The van der Waals surface area contributed by atoms with Crippen molar-refractivity contribution in [2.75, 3.05) is 14.1 Å². The summed E-state index contributed by atoms with van der Waals surface area (Å²) in [5.41, 5.74) is 0.168. The Morgan fingerprint density at radius 1 is 1.38 bits per heavy atom. The second-order valence-electron chi connectivity index (χ2n) is 4.54. The molecule has 112 valence electrons. The van der Waals surface area contributed by atoms with E-state index in [9.17, 15) is 13.2 Å². The average molecular weight is 333 g/mol. The van der Waals surface area contributed by atoms with E-state index in [1.54, 1.807) is 11.1 Å². The maximum Gasteiger partial charge on any atom is 0.417 e. The quantitative estimate of drug-likeness (QED) is 0.805. The first-order valence-electron chi connectivity index (χ1n) is 5.94. The fraction of sp³-hybridized carbons (Fsp3) is 0.214. The molecule has 2 rings (SSSR count). The standard InChI is InChI=1S/C14H12ClF3N2S/c1-20(2)8-10(12-4-3-5-21-12)13-11(15)6-9(7-19-13)14(16,17)18/h3-8H,1-2H3. The number of thiophene rings is 1. The molecule has 0 aliphatic heterocycles. The minimum absolute atomic E-state index is 0.0219. The van der Waals surface area contributed by atoms with Crippen LogP contribution in [0.1, 0.15) is 16.1 Å². The Hall–Kier alpha value is -1.53. The highest BCUT2D eigenvalue weighted by Gasteiger charge is 2.32. The summed E-state index contributed by atoms with van der Waals surface area (Å²) < 4.78 is 38.0. The zero-order valence-corrected chi connectivity index (χ0v) is 12.9. The summed E-state index contributed by atoms with van der Waals surface area (Å²) in [5.74, 6) is 0. The van der Waals surface area contributed by atoms with E-state index in [1.807, 2.05) is 31.6 Å². The lowest BCUT2D eigenvalue weighted by Crippen LogP contribution is -2.08. The number of alkyl halides is 3. The highest BCUT2D eigenvalue weighted by molar-refractivity contribution is 7.11. The third-order valence-corrected chi connectivity index (χ3v) is 3.79. The van der Waals surface area contributed by atoms with Crippen molar-refractivity contribution in [2.45, 2.75) is 6.18 Å². The van der Waals surface area contributed by atoms with Crippen LogP contribution < -0.4 is 0 Å². The predicted octanol–water partition coefficient (Wildman–Crippen LogP) is 4.77. The first kappa shape index (κ1) is 15.9. The van der Waals surface area contributed by atoms with E-state index < -0.39 is 11.7 Å². The zero-order chi connectivity index (χ0) is 15.6. The molecule has 2 nitrogen and oxygen atoms in total. The van der Waals surface area contributed by atoms with Crippen LogP contribution in [-0.2, 0) is 6.18 Å². The fourth-order valence-electron chi connectivity index (χ4n) is 1.72. The lowest BCUT2D eigenvalue weighted by Gasteiger charge is -2.13. The van der Waals surface area contributed by atoms with Crippen LogP contribution in [0, 0.1) is 0 Å². The van der Waals surface area contributed by atoms with Gasteiger partial charge < -0.3 is 4.90 Å². The molecule has 0 fully saturated rings. The molecular formula is C14H12ClF3N2S. The van der Waals surface area contributed by atoms with Crippen molar-refractivity contribution in [3.63, 3.8) is 0 Å². The summed E-state index contributed by atoms with van der Waals surface area (Å²) in [4.78, 5) is 6.60. The van der Waals surface area contributed by atoms with E-state index >= 15 is 0 Å². The van der Waals surface area contributed by atoms with Gasteiger partial charge in [0.05, 0.1) is 16.3 Å². The first-order chi connectivity index (χ1) is 9.79. The lowest BCUT2D eigenvalue weighted by atomic mass is 10.1. The number of aromatic nitrogens is 1. The van der Waals surface area contributed by atoms with Crippen molar-refractivity contribution in [3.8, 4) is 0 Å². The number of hydrogen-bond acceptors (Lipinski definition) is 3. The molecule has 0 aliphatic carbocycles. The Kier molecular flexibility index (Phi) is 4.58. The molecular weight excluding hydrogens is 321 g/mol. The molecule has 7 heteroatoms. The summed E-state index contributed by atoms with van der Waals surface area (Å²) >= 11 is 7.48. The van der Waals surface area contributed by atoms with Gasteiger partial charge in [0.1, 0.15) is 0 Å². The number of rotatable bonds is 3. The molecule has 0 bridgehead atoms. The maximum atomic E-state index is 12.7. The fourth-order valence-corrected chi connectivity index (χ4v) is 2.73. The summed E-state index contributed by atoms with van der Waals surface area (Å²) in [7, 11) is 3.65. The molecule has 0 unspecified atom stereocenters. The van der Waals surface area contributed by atoms with Crippen LogP contribution in [0.5, 0.6) is 0 Å². The maximum absolute atomic E-state index is 12.7. The van der Waals surface area contributed by atoms with Crippen molar-refractivity contribution in [2.24, 2.45) is 0 Å². The molecule has 0 saturated carbocycles. The normalized spacial score (nSPS) is 12.6. The number of halogens is 4. The van der Waals surface area contributed by atoms with Crippen LogP contribution in [0.15, 0.2) is 36.0 Å². The lowest BCUT2D eigenvalue weighted by molar-refractivity contribution is -0.137. The Balaban J connectivity index is 2.52. The molecule has 0 atom stereocenters. The van der Waals surface area contributed by atoms with E-state index in [0.29, 0.717) is 11.3 Å². The van der Waals surface area contributed by atoms with Gasteiger partial charge in [0.2, 0.25) is 0 Å². The molecule has 2 aromatic heterocycles. The molecule has 0 spiro atoms. The molecule has 0 aromatic carbocycles.